The molecule has 0 radical (unpaired) electrons. The fourth-order valence-corrected chi connectivity index (χ4v) is 5.40. The van der Waals surface area contributed by atoms with E-state index < -0.39 is 6.16 Å². The molecule has 0 aliphatic heterocycles. The van der Waals surface area contributed by atoms with Crippen LogP contribution in [0, 0.1) is 5.92 Å². The summed E-state index contributed by atoms with van der Waals surface area (Å²) in [6.45, 7) is 2.09. The van der Waals surface area contributed by atoms with E-state index in [0.717, 1.165) is 70.5 Å². The van der Waals surface area contributed by atoms with Crippen LogP contribution < -0.4 is 5.73 Å². The number of aromatic nitrogens is 4. The predicted molar refractivity (Wildman–Crippen MR) is 152 cm³/mol. The maximum absolute atomic E-state index is 8.56. The lowest BCUT2D eigenvalue weighted by molar-refractivity contribution is 0.0424. The number of pyridine rings is 1. The molecule has 1 aromatic carbocycles. The van der Waals surface area contributed by atoms with E-state index in [2.05, 4.69) is 44.2 Å². The molecule has 0 amide bonds. The highest BCUT2D eigenvalue weighted by Gasteiger charge is 2.27. The Bertz CT molecular complexity index is 1370. The number of benzene rings is 1. The fraction of sp³-hybridized carbons (Fsp3) is 0.357. The lowest BCUT2D eigenvalue weighted by atomic mass is 9.80. The molecule has 0 unspecified atom stereocenters. The van der Waals surface area contributed by atoms with Crippen LogP contribution in [0.5, 0.6) is 0 Å². The first-order chi connectivity index (χ1) is 18.9. The van der Waals surface area contributed by atoms with Crippen LogP contribution in [0.3, 0.4) is 0 Å². The van der Waals surface area contributed by atoms with Crippen molar-refractivity contribution in [2.45, 2.75) is 31.6 Å². The molecule has 39 heavy (non-hydrogen) atoms. The number of hydrogen-bond acceptors (Lipinski definition) is 7. The van der Waals surface area contributed by atoms with Crippen molar-refractivity contribution >= 4 is 33.6 Å². The first-order valence-electron chi connectivity index (χ1n) is 12.7. The molecular weight excluding hydrogens is 566 g/mol. The molecule has 0 atom stereocenters. The molecule has 4 aromatic rings. The number of fused-ring (bicyclic) bond motifs is 1. The van der Waals surface area contributed by atoms with Gasteiger partial charge in [-0.1, -0.05) is 36.4 Å². The summed E-state index contributed by atoms with van der Waals surface area (Å²) >= 11 is 3.71. The number of ether oxygens (including phenoxy) is 2. The SMILES string of the molecule is COCCOCC1CCC(c2nc3c(-c4ccc(-c5ccccc5)nc4)cnn3c(N)c2Br)CC1.O=C(O)O. The van der Waals surface area contributed by atoms with Crippen LogP contribution in [-0.4, -0.2) is 62.9 Å². The summed E-state index contributed by atoms with van der Waals surface area (Å²) in [7, 11) is 1.70. The van der Waals surface area contributed by atoms with Gasteiger partial charge in [-0.05, 0) is 53.6 Å². The zero-order chi connectivity index (χ0) is 27.8. The molecule has 1 saturated carbocycles. The fourth-order valence-electron chi connectivity index (χ4n) is 4.82. The van der Waals surface area contributed by atoms with Gasteiger partial charge >= 0.3 is 6.16 Å². The summed E-state index contributed by atoms with van der Waals surface area (Å²) in [5.74, 6) is 1.52. The maximum atomic E-state index is 8.56. The third-order valence-corrected chi connectivity index (χ3v) is 7.62. The molecule has 1 fully saturated rings. The van der Waals surface area contributed by atoms with E-state index in [1.165, 1.54) is 0 Å². The van der Waals surface area contributed by atoms with Gasteiger partial charge in [0, 0.05) is 42.5 Å². The Morgan fingerprint density at radius 3 is 2.41 bits per heavy atom. The number of nitrogen functional groups attached to an aromatic ring is 1. The largest absolute Gasteiger partial charge is 0.503 e. The smallest absolute Gasteiger partial charge is 0.450 e. The number of carboxylic acid groups (broad SMARTS) is 2. The Labute approximate surface area is 234 Å². The number of hydrogen-bond donors (Lipinski definition) is 3. The van der Waals surface area contributed by atoms with Crippen LogP contribution in [0.4, 0.5) is 10.6 Å². The number of methoxy groups -OCH3 is 1. The van der Waals surface area contributed by atoms with E-state index in [-0.39, 0.29) is 0 Å². The summed E-state index contributed by atoms with van der Waals surface area (Å²) in [6, 6.07) is 14.3. The third-order valence-electron chi connectivity index (χ3n) is 6.81. The van der Waals surface area contributed by atoms with Crippen molar-refractivity contribution in [3.05, 3.63) is 65.0 Å². The van der Waals surface area contributed by atoms with Gasteiger partial charge in [0.05, 0.1) is 35.3 Å². The third kappa shape index (κ3) is 7.11. The Balaban J connectivity index is 0.000000826. The van der Waals surface area contributed by atoms with Crippen molar-refractivity contribution < 1.29 is 24.5 Å². The summed E-state index contributed by atoms with van der Waals surface area (Å²) < 4.78 is 13.4. The zero-order valence-electron chi connectivity index (χ0n) is 21.7. The average molecular weight is 598 g/mol. The molecule has 4 N–H and O–H groups in total. The minimum absolute atomic E-state index is 0.355. The Morgan fingerprint density at radius 2 is 1.77 bits per heavy atom. The maximum Gasteiger partial charge on any atom is 0.503 e. The van der Waals surface area contributed by atoms with Crippen molar-refractivity contribution in [2.75, 3.05) is 32.7 Å². The quantitative estimate of drug-likeness (QED) is 0.209. The highest BCUT2D eigenvalue weighted by atomic mass is 79.9. The lowest BCUT2D eigenvalue weighted by Gasteiger charge is -2.29. The topological polar surface area (TPSA) is 145 Å². The van der Waals surface area contributed by atoms with Crippen molar-refractivity contribution in [1.29, 1.82) is 0 Å². The highest BCUT2D eigenvalue weighted by Crippen LogP contribution is 2.40. The van der Waals surface area contributed by atoms with E-state index in [4.69, 9.17) is 35.2 Å². The molecule has 3 aromatic heterocycles. The molecule has 1 aliphatic rings. The van der Waals surface area contributed by atoms with E-state index in [1.54, 1.807) is 11.6 Å². The minimum atomic E-state index is -1.83. The van der Waals surface area contributed by atoms with Crippen molar-refractivity contribution in [3.8, 4) is 22.4 Å². The normalized spacial score (nSPS) is 17.0. The van der Waals surface area contributed by atoms with Crippen molar-refractivity contribution in [3.63, 3.8) is 0 Å². The summed E-state index contributed by atoms with van der Waals surface area (Å²) in [6.07, 6.45) is 6.24. The van der Waals surface area contributed by atoms with E-state index in [0.29, 0.717) is 30.9 Å². The second-order valence-electron chi connectivity index (χ2n) is 9.36. The second kappa shape index (κ2) is 13.5. The van der Waals surface area contributed by atoms with Crippen LogP contribution in [0.2, 0.25) is 0 Å². The molecule has 1 aliphatic carbocycles. The van der Waals surface area contributed by atoms with Gasteiger partial charge in [0.1, 0.15) is 5.82 Å². The van der Waals surface area contributed by atoms with Gasteiger partial charge in [0.25, 0.3) is 0 Å². The van der Waals surface area contributed by atoms with Gasteiger partial charge < -0.3 is 25.4 Å². The lowest BCUT2D eigenvalue weighted by Crippen LogP contribution is -2.20. The van der Waals surface area contributed by atoms with E-state index >= 15 is 0 Å². The number of nitrogens with zero attached hydrogens (tertiary/aromatic N) is 4. The van der Waals surface area contributed by atoms with Crippen LogP contribution in [0.25, 0.3) is 28.0 Å². The first-order valence-corrected chi connectivity index (χ1v) is 13.5. The van der Waals surface area contributed by atoms with Gasteiger partial charge in [-0.25, -0.2) is 9.78 Å². The molecule has 5 rings (SSSR count). The number of rotatable bonds is 8. The number of halogens is 1. The monoisotopic (exact) mass is 597 g/mol. The highest BCUT2D eigenvalue weighted by molar-refractivity contribution is 9.10. The number of carbonyl (C=O) groups is 1. The summed E-state index contributed by atoms with van der Waals surface area (Å²) in [4.78, 5) is 18.3. The minimum Gasteiger partial charge on any atom is -0.450 e. The molecular formula is C28H32BrN5O5. The van der Waals surface area contributed by atoms with Gasteiger partial charge in [-0.15, -0.1) is 0 Å². The molecule has 0 bridgehead atoms. The van der Waals surface area contributed by atoms with E-state index in [9.17, 15) is 0 Å². The molecule has 0 saturated heterocycles. The summed E-state index contributed by atoms with van der Waals surface area (Å²) in [5, 5.41) is 18.5. The zero-order valence-corrected chi connectivity index (χ0v) is 23.2. The second-order valence-corrected chi connectivity index (χ2v) is 10.1. The van der Waals surface area contributed by atoms with Gasteiger partial charge in [0.2, 0.25) is 0 Å². The summed E-state index contributed by atoms with van der Waals surface area (Å²) in [5.41, 5.74) is 12.2. The Kier molecular flexibility index (Phi) is 9.85. The van der Waals surface area contributed by atoms with Crippen LogP contribution in [0.15, 0.2) is 59.3 Å². The molecule has 0 spiro atoms. The van der Waals surface area contributed by atoms with Gasteiger partial charge in [-0.2, -0.15) is 9.61 Å². The van der Waals surface area contributed by atoms with Gasteiger partial charge in [0.15, 0.2) is 5.65 Å². The van der Waals surface area contributed by atoms with Gasteiger partial charge in [-0.3, -0.25) is 4.98 Å². The molecule has 3 heterocycles. The van der Waals surface area contributed by atoms with Crippen LogP contribution in [0.1, 0.15) is 37.3 Å². The molecule has 11 heteroatoms. The molecule has 206 valence electrons. The predicted octanol–water partition coefficient (Wildman–Crippen LogP) is 5.96. The first kappa shape index (κ1) is 28.5. The van der Waals surface area contributed by atoms with E-state index in [1.807, 2.05) is 36.7 Å². The van der Waals surface area contributed by atoms with Crippen molar-refractivity contribution in [1.82, 2.24) is 19.6 Å². The Morgan fingerprint density at radius 1 is 1.05 bits per heavy atom. The molecule has 10 nitrogen and oxygen atoms in total. The number of nitrogens with two attached hydrogens (primary N) is 1. The van der Waals surface area contributed by atoms with Crippen LogP contribution >= 0.6 is 15.9 Å². The van der Waals surface area contributed by atoms with Crippen molar-refractivity contribution in [2.24, 2.45) is 5.92 Å². The Hall–Kier alpha value is -3.54. The number of anilines is 1. The van der Waals surface area contributed by atoms with Crippen LogP contribution in [-0.2, 0) is 9.47 Å². The standard InChI is InChI=1S/C27H30BrN5O2.CH2O3/c1-34-13-14-35-17-18-7-9-20(10-8-18)25-24(28)26(29)33-27(32-25)22(16-31-33)21-11-12-23(30-15-21)19-5-3-2-4-6-19;2-1(3)4/h2-6,11-12,15-16,18,20H,7-10,13-14,17,29H2,1H3;(H2,2,3,4). The average Bonchev–Trinajstić information content (AvgIpc) is 3.38.